The molecule has 1 aromatic carbocycles. The Hall–Kier alpha value is -1.84. The fraction of sp³-hybridized carbons (Fsp3) is 0.704. The molecule has 0 aromatic heterocycles. The molecule has 4 nitrogen and oxygen atoms in total. The van der Waals surface area contributed by atoms with Crippen molar-refractivity contribution in [3.05, 3.63) is 24.3 Å². The maximum Gasteiger partial charge on any atom is 0.314 e. The van der Waals surface area contributed by atoms with Crippen LogP contribution in [0.1, 0.15) is 117 Å². The lowest BCUT2D eigenvalue weighted by atomic mass is 10.0. The molecule has 0 radical (unpaired) electrons. The van der Waals surface area contributed by atoms with E-state index in [1.807, 2.05) is 6.92 Å². The van der Waals surface area contributed by atoms with Gasteiger partial charge < -0.3 is 9.47 Å². The summed E-state index contributed by atoms with van der Waals surface area (Å²) in [5.74, 6) is -0.0327. The van der Waals surface area contributed by atoms with Gasteiger partial charge in [0.2, 0.25) is 0 Å². The number of hydrogen-bond acceptors (Lipinski definition) is 4. The Balaban J connectivity index is 2.36. The summed E-state index contributed by atoms with van der Waals surface area (Å²) in [6.45, 7) is 6.33. The topological polar surface area (TPSA) is 52.6 Å². The molecule has 4 heteroatoms. The first-order valence-electron chi connectivity index (χ1n) is 12.6. The Kier molecular flexibility index (Phi) is 15.6. The van der Waals surface area contributed by atoms with E-state index in [0.717, 1.165) is 38.5 Å². The van der Waals surface area contributed by atoms with Crippen molar-refractivity contribution >= 4 is 11.9 Å². The first-order chi connectivity index (χ1) is 15.1. The number of para-hydroxylation sites is 2. The van der Waals surface area contributed by atoms with Crippen LogP contribution in [0.25, 0.3) is 0 Å². The molecule has 0 saturated carbocycles. The Morgan fingerprint density at radius 2 is 1.19 bits per heavy atom. The first-order valence-corrected chi connectivity index (χ1v) is 12.6. The quantitative estimate of drug-likeness (QED) is 0.134. The molecule has 176 valence electrons. The monoisotopic (exact) mass is 432 g/mol. The predicted molar refractivity (Wildman–Crippen MR) is 127 cm³/mol. The standard InChI is InChI=1S/C27H44O4/c1-4-6-8-10-12-14-16-22-26(28)30-24-20-17-18-21-25(24)31-27(29)23(3)19-15-13-11-9-7-5-2/h17-18,20-21,23H,4-16,19,22H2,1-3H3. The van der Waals surface area contributed by atoms with Crippen LogP contribution in [-0.4, -0.2) is 11.9 Å². The molecule has 31 heavy (non-hydrogen) atoms. The van der Waals surface area contributed by atoms with Crippen molar-refractivity contribution in [2.75, 3.05) is 0 Å². The Bertz CT molecular complexity index is 611. The highest BCUT2D eigenvalue weighted by atomic mass is 16.6. The largest absolute Gasteiger partial charge is 0.423 e. The van der Waals surface area contributed by atoms with Crippen LogP contribution in [0.3, 0.4) is 0 Å². The molecule has 0 heterocycles. The van der Waals surface area contributed by atoms with Crippen LogP contribution in [0.15, 0.2) is 24.3 Å². The van der Waals surface area contributed by atoms with E-state index in [1.54, 1.807) is 24.3 Å². The molecular formula is C27H44O4. The van der Waals surface area contributed by atoms with Gasteiger partial charge in [-0.1, -0.05) is 110 Å². The highest BCUT2D eigenvalue weighted by Gasteiger charge is 2.18. The molecule has 0 bridgehead atoms. The van der Waals surface area contributed by atoms with Gasteiger partial charge in [0.15, 0.2) is 11.5 Å². The van der Waals surface area contributed by atoms with E-state index in [1.165, 1.54) is 51.4 Å². The summed E-state index contributed by atoms with van der Waals surface area (Å²) in [6.07, 6.45) is 16.5. The minimum Gasteiger partial charge on any atom is -0.423 e. The second-order valence-electron chi connectivity index (χ2n) is 8.67. The average molecular weight is 433 g/mol. The summed E-state index contributed by atoms with van der Waals surface area (Å²) in [7, 11) is 0. The van der Waals surface area contributed by atoms with E-state index in [-0.39, 0.29) is 17.9 Å². The maximum absolute atomic E-state index is 12.5. The smallest absolute Gasteiger partial charge is 0.314 e. The zero-order valence-electron chi connectivity index (χ0n) is 20.1. The molecule has 0 N–H and O–H groups in total. The van der Waals surface area contributed by atoms with Crippen LogP contribution >= 0.6 is 0 Å². The molecule has 0 spiro atoms. The molecule has 0 aliphatic carbocycles. The summed E-state index contributed by atoms with van der Waals surface area (Å²) in [6, 6.07) is 6.94. The van der Waals surface area contributed by atoms with E-state index in [2.05, 4.69) is 13.8 Å². The molecule has 1 atom stereocenters. The molecular weight excluding hydrogens is 388 g/mol. The Morgan fingerprint density at radius 3 is 1.77 bits per heavy atom. The Labute approximate surface area is 190 Å². The predicted octanol–water partition coefficient (Wildman–Crippen LogP) is 8.02. The zero-order chi connectivity index (χ0) is 22.7. The number of ether oxygens (including phenoxy) is 2. The molecule has 0 aliphatic rings. The number of hydrogen-bond donors (Lipinski definition) is 0. The SMILES string of the molecule is CCCCCCCCCC(=O)Oc1ccccc1OC(=O)C(C)CCCCCCCC. The fourth-order valence-electron chi connectivity index (χ4n) is 3.58. The highest BCUT2D eigenvalue weighted by Crippen LogP contribution is 2.28. The molecule has 1 aromatic rings. The number of carbonyl (C=O) groups is 2. The second kappa shape index (κ2) is 17.8. The van der Waals surface area contributed by atoms with Crippen molar-refractivity contribution in [2.24, 2.45) is 5.92 Å². The first kappa shape index (κ1) is 27.2. The number of carbonyl (C=O) groups excluding carboxylic acids is 2. The Morgan fingerprint density at radius 1 is 0.710 bits per heavy atom. The minimum absolute atomic E-state index is 0.164. The van der Waals surface area contributed by atoms with Crippen LogP contribution in [-0.2, 0) is 9.59 Å². The van der Waals surface area contributed by atoms with Crippen molar-refractivity contribution in [2.45, 2.75) is 117 Å². The number of benzene rings is 1. The van der Waals surface area contributed by atoms with Crippen LogP contribution in [0, 0.1) is 5.92 Å². The molecule has 0 aliphatic heterocycles. The van der Waals surface area contributed by atoms with E-state index in [4.69, 9.17) is 9.47 Å². The summed E-state index contributed by atoms with van der Waals surface area (Å²) in [5, 5.41) is 0. The number of unbranched alkanes of at least 4 members (excludes halogenated alkanes) is 11. The van der Waals surface area contributed by atoms with E-state index < -0.39 is 0 Å². The third kappa shape index (κ3) is 13.2. The molecule has 1 unspecified atom stereocenters. The van der Waals surface area contributed by atoms with E-state index in [9.17, 15) is 9.59 Å². The van der Waals surface area contributed by atoms with Crippen molar-refractivity contribution < 1.29 is 19.1 Å². The number of rotatable bonds is 18. The van der Waals surface area contributed by atoms with Gasteiger partial charge in [0, 0.05) is 6.42 Å². The number of esters is 2. The van der Waals surface area contributed by atoms with Gasteiger partial charge in [0.05, 0.1) is 5.92 Å². The lowest BCUT2D eigenvalue weighted by Gasteiger charge is -2.14. The molecule has 0 amide bonds. The van der Waals surface area contributed by atoms with E-state index >= 15 is 0 Å². The van der Waals surface area contributed by atoms with Crippen molar-refractivity contribution in [3.63, 3.8) is 0 Å². The lowest BCUT2D eigenvalue weighted by molar-refractivity contribution is -0.140. The van der Waals surface area contributed by atoms with Crippen molar-refractivity contribution in [1.29, 1.82) is 0 Å². The van der Waals surface area contributed by atoms with Crippen LogP contribution in [0.2, 0.25) is 0 Å². The zero-order valence-corrected chi connectivity index (χ0v) is 20.1. The summed E-state index contributed by atoms with van der Waals surface area (Å²) in [4.78, 5) is 24.7. The minimum atomic E-state index is -0.266. The van der Waals surface area contributed by atoms with Gasteiger partial charge in [-0.2, -0.15) is 0 Å². The van der Waals surface area contributed by atoms with Gasteiger partial charge in [-0.05, 0) is 25.0 Å². The van der Waals surface area contributed by atoms with Crippen LogP contribution in [0.4, 0.5) is 0 Å². The lowest BCUT2D eigenvalue weighted by Crippen LogP contribution is -2.18. The average Bonchev–Trinajstić information content (AvgIpc) is 2.76. The maximum atomic E-state index is 12.5. The highest BCUT2D eigenvalue weighted by molar-refractivity contribution is 5.77. The third-order valence-corrected chi connectivity index (χ3v) is 5.66. The molecule has 0 saturated heterocycles. The molecule has 1 rings (SSSR count). The van der Waals surface area contributed by atoms with Crippen molar-refractivity contribution in [3.8, 4) is 11.5 Å². The van der Waals surface area contributed by atoms with Gasteiger partial charge in [0.25, 0.3) is 0 Å². The second-order valence-corrected chi connectivity index (χ2v) is 8.67. The normalized spacial score (nSPS) is 11.8. The molecule has 0 fully saturated rings. The third-order valence-electron chi connectivity index (χ3n) is 5.66. The fourth-order valence-corrected chi connectivity index (χ4v) is 3.58. The summed E-state index contributed by atoms with van der Waals surface area (Å²) >= 11 is 0. The van der Waals surface area contributed by atoms with Crippen LogP contribution < -0.4 is 9.47 Å². The van der Waals surface area contributed by atoms with Gasteiger partial charge in [-0.3, -0.25) is 9.59 Å². The summed E-state index contributed by atoms with van der Waals surface area (Å²) < 4.78 is 11.1. The van der Waals surface area contributed by atoms with Gasteiger partial charge >= 0.3 is 11.9 Å². The van der Waals surface area contributed by atoms with Gasteiger partial charge in [-0.25, -0.2) is 0 Å². The summed E-state index contributed by atoms with van der Waals surface area (Å²) in [5.41, 5.74) is 0. The van der Waals surface area contributed by atoms with Gasteiger partial charge in [-0.15, -0.1) is 0 Å². The van der Waals surface area contributed by atoms with Crippen LogP contribution in [0.5, 0.6) is 11.5 Å². The van der Waals surface area contributed by atoms with Gasteiger partial charge in [0.1, 0.15) is 0 Å². The van der Waals surface area contributed by atoms with Crippen molar-refractivity contribution in [1.82, 2.24) is 0 Å². The van der Waals surface area contributed by atoms with E-state index in [0.29, 0.717) is 17.9 Å².